The molecule has 1 atom stereocenters. The number of hydrogen-bond acceptors (Lipinski definition) is 2. The summed E-state index contributed by atoms with van der Waals surface area (Å²) in [4.78, 5) is 26.8. The number of carboxylic acids is 1. The van der Waals surface area contributed by atoms with Gasteiger partial charge in [-0.05, 0) is 33.1 Å². The largest absolute Gasteiger partial charge is 0.481 e. The molecule has 2 aliphatic heterocycles. The topological polar surface area (TPSA) is 60.9 Å². The molecule has 104 valence electrons. The number of carboxylic acid groups (broad SMARTS) is 1. The summed E-state index contributed by atoms with van der Waals surface area (Å²) in [5.74, 6) is -0.852. The van der Waals surface area contributed by atoms with Crippen molar-refractivity contribution in [1.29, 1.82) is 0 Å². The van der Waals surface area contributed by atoms with Gasteiger partial charge in [-0.1, -0.05) is 7.43 Å². The molecule has 2 fully saturated rings. The normalized spacial score (nSPS) is 23.7. The molecule has 1 N–H and O–H groups in total. The van der Waals surface area contributed by atoms with Gasteiger partial charge in [-0.15, -0.1) is 0 Å². The van der Waals surface area contributed by atoms with Gasteiger partial charge in [-0.3, -0.25) is 4.79 Å². The molecule has 5 heteroatoms. The zero-order valence-corrected chi connectivity index (χ0v) is 10.5. The highest BCUT2D eigenvalue weighted by Crippen LogP contribution is 2.28. The van der Waals surface area contributed by atoms with Gasteiger partial charge < -0.3 is 14.9 Å². The summed E-state index contributed by atoms with van der Waals surface area (Å²) in [5.41, 5.74) is -0.871. The maximum Gasteiger partial charge on any atom is 0.320 e. The number of carbonyl (C=O) groups is 2. The predicted octanol–water partition coefficient (Wildman–Crippen LogP) is 2.02. The third kappa shape index (κ3) is 2.60. The minimum atomic E-state index is -0.871. The van der Waals surface area contributed by atoms with Crippen molar-refractivity contribution >= 4 is 12.0 Å². The Morgan fingerprint density at radius 3 is 2.67 bits per heavy atom. The van der Waals surface area contributed by atoms with E-state index < -0.39 is 11.4 Å². The van der Waals surface area contributed by atoms with Crippen LogP contribution in [0.5, 0.6) is 0 Å². The molecule has 0 aromatic heterocycles. The smallest absolute Gasteiger partial charge is 0.320 e. The first-order valence-corrected chi connectivity index (χ1v) is 6.21. The van der Waals surface area contributed by atoms with Gasteiger partial charge in [0.1, 0.15) is 0 Å². The van der Waals surface area contributed by atoms with Crippen LogP contribution in [0.3, 0.4) is 0 Å². The van der Waals surface area contributed by atoms with E-state index in [9.17, 15) is 9.59 Å². The quantitative estimate of drug-likeness (QED) is 0.840. The highest BCUT2D eigenvalue weighted by molar-refractivity contribution is 5.79. The Labute approximate surface area is 109 Å². The minimum absolute atomic E-state index is 0. The molecule has 5 nitrogen and oxygen atoms in total. The molecular weight excluding hydrogens is 232 g/mol. The Morgan fingerprint density at radius 1 is 1.44 bits per heavy atom. The van der Waals surface area contributed by atoms with Crippen molar-refractivity contribution in [2.24, 2.45) is 5.41 Å². The molecule has 0 aromatic rings. The first kappa shape index (κ1) is 14.8. The Balaban J connectivity index is 0.00000162. The molecule has 0 bridgehead atoms. The van der Waals surface area contributed by atoms with E-state index in [-0.39, 0.29) is 13.5 Å². The molecule has 2 saturated heterocycles. The number of hydrogen-bond donors (Lipinski definition) is 1. The molecule has 2 heterocycles. The van der Waals surface area contributed by atoms with E-state index >= 15 is 0 Å². The van der Waals surface area contributed by atoms with Crippen molar-refractivity contribution < 1.29 is 14.7 Å². The lowest BCUT2D eigenvalue weighted by Crippen LogP contribution is -2.42. The second-order valence-electron chi connectivity index (χ2n) is 5.70. The Hall–Kier alpha value is -1.26. The Morgan fingerprint density at radius 2 is 2.11 bits per heavy atom. The van der Waals surface area contributed by atoms with Crippen LogP contribution in [0, 0.1) is 5.41 Å². The van der Waals surface area contributed by atoms with Gasteiger partial charge >= 0.3 is 12.0 Å². The molecule has 0 spiro atoms. The van der Waals surface area contributed by atoms with E-state index in [1.807, 2.05) is 4.90 Å². The number of amides is 2. The lowest BCUT2D eigenvalue weighted by Gasteiger charge is -2.28. The zero-order valence-electron chi connectivity index (χ0n) is 10.5. The predicted molar refractivity (Wildman–Crippen MR) is 69.5 cm³/mol. The average molecular weight is 256 g/mol. The fourth-order valence-corrected chi connectivity index (χ4v) is 2.63. The fraction of sp³-hybridized carbons (Fsp3) is 0.846. The number of carbonyl (C=O) groups excluding carboxylic acids is 1. The molecule has 18 heavy (non-hydrogen) atoms. The van der Waals surface area contributed by atoms with Crippen LogP contribution in [-0.4, -0.2) is 52.6 Å². The third-order valence-corrected chi connectivity index (χ3v) is 3.74. The van der Waals surface area contributed by atoms with Gasteiger partial charge in [0.2, 0.25) is 0 Å². The summed E-state index contributed by atoms with van der Waals surface area (Å²) in [6.45, 7) is 5.15. The molecule has 2 amide bonds. The maximum atomic E-state index is 12.1. The zero-order chi connectivity index (χ0) is 12.6. The maximum absolute atomic E-state index is 12.1. The van der Waals surface area contributed by atoms with E-state index in [1.54, 1.807) is 18.7 Å². The summed E-state index contributed by atoms with van der Waals surface area (Å²) in [6, 6.07) is 0.324. The molecular formula is C13H24N2O3. The van der Waals surface area contributed by atoms with Crippen LogP contribution in [0.2, 0.25) is 0 Å². The second-order valence-corrected chi connectivity index (χ2v) is 5.70. The van der Waals surface area contributed by atoms with Gasteiger partial charge in [0, 0.05) is 19.6 Å². The van der Waals surface area contributed by atoms with E-state index in [0.29, 0.717) is 19.1 Å². The summed E-state index contributed by atoms with van der Waals surface area (Å²) in [7, 11) is 0. The van der Waals surface area contributed by atoms with Crippen molar-refractivity contribution in [3.63, 3.8) is 0 Å². The molecule has 0 saturated carbocycles. The molecule has 0 aromatic carbocycles. The number of aliphatic carboxylic acids is 1. The SMILES string of the molecule is C.CC(C)(CN1C[C@@H]2CCCCN2C1=O)C(=O)O. The lowest BCUT2D eigenvalue weighted by atomic mass is 9.93. The van der Waals surface area contributed by atoms with Crippen molar-refractivity contribution in [3.8, 4) is 0 Å². The highest BCUT2D eigenvalue weighted by Gasteiger charge is 2.41. The van der Waals surface area contributed by atoms with Crippen LogP contribution in [-0.2, 0) is 4.79 Å². The van der Waals surface area contributed by atoms with Gasteiger partial charge in [0.15, 0.2) is 0 Å². The molecule has 2 rings (SSSR count). The average Bonchev–Trinajstić information content (AvgIpc) is 2.56. The van der Waals surface area contributed by atoms with Crippen LogP contribution in [0.15, 0.2) is 0 Å². The van der Waals surface area contributed by atoms with E-state index in [1.165, 1.54) is 6.42 Å². The van der Waals surface area contributed by atoms with E-state index in [0.717, 1.165) is 19.4 Å². The van der Waals surface area contributed by atoms with Crippen LogP contribution in [0.4, 0.5) is 4.79 Å². The molecule has 2 aliphatic rings. The van der Waals surface area contributed by atoms with Gasteiger partial charge in [-0.2, -0.15) is 0 Å². The standard InChI is InChI=1S/C12H20N2O3.CH4/c1-12(2,10(15)16)8-13-7-9-5-3-4-6-14(9)11(13)17;/h9H,3-8H2,1-2H3,(H,15,16);1H4/t9-;/m0./s1. The first-order chi connectivity index (χ1) is 7.92. The Bertz CT molecular complexity index is 341. The van der Waals surface area contributed by atoms with Crippen LogP contribution in [0.25, 0.3) is 0 Å². The van der Waals surface area contributed by atoms with E-state index in [2.05, 4.69) is 0 Å². The first-order valence-electron chi connectivity index (χ1n) is 6.21. The number of fused-ring (bicyclic) bond motifs is 1. The van der Waals surface area contributed by atoms with Crippen molar-refractivity contribution in [1.82, 2.24) is 9.80 Å². The third-order valence-electron chi connectivity index (χ3n) is 3.74. The number of piperidine rings is 1. The van der Waals surface area contributed by atoms with Gasteiger partial charge in [0.25, 0.3) is 0 Å². The summed E-state index contributed by atoms with van der Waals surface area (Å²) in [6.07, 6.45) is 3.29. The number of urea groups is 1. The van der Waals surface area contributed by atoms with E-state index in [4.69, 9.17) is 5.11 Å². The Kier molecular flexibility index (Phi) is 4.24. The van der Waals surface area contributed by atoms with Crippen molar-refractivity contribution in [2.75, 3.05) is 19.6 Å². The van der Waals surface area contributed by atoms with Crippen LogP contribution >= 0.6 is 0 Å². The lowest BCUT2D eigenvalue weighted by molar-refractivity contribution is -0.147. The van der Waals surface area contributed by atoms with Crippen LogP contribution in [0.1, 0.15) is 40.5 Å². The number of rotatable bonds is 3. The second kappa shape index (κ2) is 5.16. The summed E-state index contributed by atoms with van der Waals surface area (Å²) in [5, 5.41) is 9.09. The monoisotopic (exact) mass is 256 g/mol. The molecule has 0 unspecified atom stereocenters. The summed E-state index contributed by atoms with van der Waals surface area (Å²) < 4.78 is 0. The number of nitrogens with zero attached hydrogens (tertiary/aromatic N) is 2. The summed E-state index contributed by atoms with van der Waals surface area (Å²) >= 11 is 0. The highest BCUT2D eigenvalue weighted by atomic mass is 16.4. The van der Waals surface area contributed by atoms with Crippen molar-refractivity contribution in [3.05, 3.63) is 0 Å². The van der Waals surface area contributed by atoms with Crippen LogP contribution < -0.4 is 0 Å². The fourth-order valence-electron chi connectivity index (χ4n) is 2.63. The minimum Gasteiger partial charge on any atom is -0.481 e. The van der Waals surface area contributed by atoms with Crippen molar-refractivity contribution in [2.45, 2.75) is 46.6 Å². The van der Waals surface area contributed by atoms with Gasteiger partial charge in [-0.25, -0.2) is 4.79 Å². The molecule has 0 radical (unpaired) electrons. The molecule has 0 aliphatic carbocycles. The van der Waals surface area contributed by atoms with Gasteiger partial charge in [0.05, 0.1) is 11.5 Å².